The molecule has 0 saturated carbocycles. The monoisotopic (exact) mass is 266 g/mol. The Balaban J connectivity index is 2.29. The summed E-state index contributed by atoms with van der Waals surface area (Å²) in [6, 6.07) is 9.19. The molecule has 100 valence electrons. The molecule has 0 radical (unpaired) electrons. The predicted octanol–water partition coefficient (Wildman–Crippen LogP) is 2.46. The molecule has 5 heteroatoms. The minimum Gasteiger partial charge on any atom is -0.360 e. The summed E-state index contributed by atoms with van der Waals surface area (Å²) in [7, 11) is 0. The van der Waals surface area contributed by atoms with E-state index in [0.29, 0.717) is 6.42 Å². The van der Waals surface area contributed by atoms with Crippen molar-refractivity contribution in [3.8, 4) is 12.1 Å². The number of nitrogens with zero attached hydrogens (tertiary/aromatic N) is 3. The van der Waals surface area contributed by atoms with Crippen molar-refractivity contribution in [3.63, 3.8) is 0 Å². The molecule has 1 amide bonds. The second-order valence-electron chi connectivity index (χ2n) is 4.52. The third kappa shape index (κ3) is 2.62. The molecule has 1 aromatic rings. The van der Waals surface area contributed by atoms with Crippen LogP contribution in [0.2, 0.25) is 0 Å². The summed E-state index contributed by atoms with van der Waals surface area (Å²) in [6.07, 6.45) is 2.84. The van der Waals surface area contributed by atoms with Crippen molar-refractivity contribution >= 4 is 17.3 Å². The number of carbonyl (C=O) groups is 1. The highest BCUT2D eigenvalue weighted by atomic mass is 16.2. The van der Waals surface area contributed by atoms with Crippen LogP contribution in [0.15, 0.2) is 30.0 Å². The third-order valence-corrected chi connectivity index (χ3v) is 3.28. The normalized spacial score (nSPS) is 13.6. The molecular formula is C15H14N4O. The van der Waals surface area contributed by atoms with E-state index in [1.165, 1.54) is 6.20 Å². The van der Waals surface area contributed by atoms with Gasteiger partial charge in [0.2, 0.25) is 5.91 Å². The van der Waals surface area contributed by atoms with Gasteiger partial charge in [-0.15, -0.1) is 0 Å². The zero-order valence-electron chi connectivity index (χ0n) is 11.2. The first kappa shape index (κ1) is 13.6. The number of anilines is 2. The van der Waals surface area contributed by atoms with Crippen LogP contribution in [0, 0.1) is 29.6 Å². The Morgan fingerprint density at radius 3 is 2.75 bits per heavy atom. The number of hydrogen-bond donors (Lipinski definition) is 1. The Morgan fingerprint density at radius 1 is 1.40 bits per heavy atom. The van der Waals surface area contributed by atoms with Crippen LogP contribution in [0.3, 0.4) is 0 Å². The van der Waals surface area contributed by atoms with Gasteiger partial charge in [-0.3, -0.25) is 4.79 Å². The van der Waals surface area contributed by atoms with Gasteiger partial charge in [-0.1, -0.05) is 6.07 Å². The van der Waals surface area contributed by atoms with E-state index in [9.17, 15) is 4.79 Å². The Hall–Kier alpha value is -2.79. The number of allylic oxidation sites excluding steroid dienone is 1. The molecule has 1 aliphatic heterocycles. The van der Waals surface area contributed by atoms with Gasteiger partial charge in [-0.2, -0.15) is 10.5 Å². The fourth-order valence-corrected chi connectivity index (χ4v) is 2.21. The molecule has 1 aliphatic rings. The van der Waals surface area contributed by atoms with Crippen molar-refractivity contribution in [2.24, 2.45) is 0 Å². The third-order valence-electron chi connectivity index (χ3n) is 3.28. The minimum absolute atomic E-state index is 0.00653. The summed E-state index contributed by atoms with van der Waals surface area (Å²) >= 11 is 0. The topological polar surface area (TPSA) is 79.9 Å². The van der Waals surface area contributed by atoms with Gasteiger partial charge in [-0.05, 0) is 31.0 Å². The van der Waals surface area contributed by atoms with Gasteiger partial charge in [0.05, 0.1) is 0 Å². The zero-order chi connectivity index (χ0) is 14.5. The lowest BCUT2D eigenvalue weighted by atomic mass is 10.1. The summed E-state index contributed by atoms with van der Waals surface area (Å²) in [5, 5.41) is 20.4. The second-order valence-corrected chi connectivity index (χ2v) is 4.52. The van der Waals surface area contributed by atoms with E-state index < -0.39 is 0 Å². The Kier molecular flexibility index (Phi) is 4.02. The Labute approximate surface area is 117 Å². The molecule has 1 saturated heterocycles. The number of rotatable bonds is 3. The van der Waals surface area contributed by atoms with Crippen molar-refractivity contribution in [1.82, 2.24) is 0 Å². The maximum atomic E-state index is 11.8. The molecule has 0 bridgehead atoms. The maximum absolute atomic E-state index is 11.8. The van der Waals surface area contributed by atoms with E-state index in [2.05, 4.69) is 5.32 Å². The van der Waals surface area contributed by atoms with Crippen molar-refractivity contribution in [1.29, 1.82) is 10.5 Å². The molecule has 1 fully saturated rings. The molecule has 20 heavy (non-hydrogen) atoms. The minimum atomic E-state index is 0.00653. The van der Waals surface area contributed by atoms with E-state index in [-0.39, 0.29) is 11.5 Å². The lowest BCUT2D eigenvalue weighted by Crippen LogP contribution is -2.24. The van der Waals surface area contributed by atoms with Crippen LogP contribution in [0.1, 0.15) is 18.4 Å². The van der Waals surface area contributed by atoms with Crippen LogP contribution < -0.4 is 10.2 Å². The van der Waals surface area contributed by atoms with Crippen molar-refractivity contribution in [2.45, 2.75) is 19.8 Å². The van der Waals surface area contributed by atoms with E-state index in [1.54, 1.807) is 17.0 Å². The summed E-state index contributed by atoms with van der Waals surface area (Å²) < 4.78 is 0. The van der Waals surface area contributed by atoms with Crippen molar-refractivity contribution in [3.05, 3.63) is 35.5 Å². The molecule has 1 N–H and O–H groups in total. The zero-order valence-corrected chi connectivity index (χ0v) is 11.2. The molecule has 5 nitrogen and oxygen atoms in total. The highest BCUT2D eigenvalue weighted by Crippen LogP contribution is 2.29. The van der Waals surface area contributed by atoms with Gasteiger partial charge >= 0.3 is 0 Å². The summed E-state index contributed by atoms with van der Waals surface area (Å²) in [6.45, 7) is 2.65. The molecule has 0 spiro atoms. The quantitative estimate of drug-likeness (QED) is 0.852. The fourth-order valence-electron chi connectivity index (χ4n) is 2.21. The van der Waals surface area contributed by atoms with Crippen molar-refractivity contribution in [2.75, 3.05) is 16.8 Å². The SMILES string of the molecule is Cc1c(NC=C(C#N)C#N)cccc1N1CCCC1=O. The average Bonchev–Trinajstić information content (AvgIpc) is 2.87. The van der Waals surface area contributed by atoms with E-state index in [1.807, 2.05) is 25.1 Å². The van der Waals surface area contributed by atoms with Crippen LogP contribution in [-0.2, 0) is 4.79 Å². The highest BCUT2D eigenvalue weighted by Gasteiger charge is 2.23. The molecule has 0 aliphatic carbocycles. The van der Waals surface area contributed by atoms with E-state index in [0.717, 1.165) is 29.9 Å². The highest BCUT2D eigenvalue weighted by molar-refractivity contribution is 5.96. The predicted molar refractivity (Wildman–Crippen MR) is 75.7 cm³/mol. The van der Waals surface area contributed by atoms with Gasteiger partial charge in [0.15, 0.2) is 0 Å². The van der Waals surface area contributed by atoms with Crippen LogP contribution in [0.4, 0.5) is 11.4 Å². The van der Waals surface area contributed by atoms with Crippen LogP contribution >= 0.6 is 0 Å². The molecule has 0 atom stereocenters. The largest absolute Gasteiger partial charge is 0.360 e. The van der Waals surface area contributed by atoms with Gasteiger partial charge in [0.25, 0.3) is 0 Å². The van der Waals surface area contributed by atoms with E-state index >= 15 is 0 Å². The fraction of sp³-hybridized carbons (Fsp3) is 0.267. The number of hydrogen-bond acceptors (Lipinski definition) is 4. The van der Waals surface area contributed by atoms with Crippen LogP contribution in [-0.4, -0.2) is 12.5 Å². The molecular weight excluding hydrogens is 252 g/mol. The summed E-state index contributed by atoms with van der Waals surface area (Å²) in [4.78, 5) is 13.6. The molecule has 0 aromatic heterocycles. The first-order valence-electron chi connectivity index (χ1n) is 6.34. The molecule has 2 rings (SSSR count). The number of nitriles is 2. The van der Waals surface area contributed by atoms with Gasteiger partial charge in [0.1, 0.15) is 17.7 Å². The number of carbonyl (C=O) groups excluding carboxylic acids is 1. The second kappa shape index (κ2) is 5.90. The van der Waals surface area contributed by atoms with Gasteiger partial charge in [-0.25, -0.2) is 0 Å². The molecule has 1 heterocycles. The average molecular weight is 266 g/mol. The smallest absolute Gasteiger partial charge is 0.227 e. The van der Waals surface area contributed by atoms with Gasteiger partial charge in [0, 0.05) is 30.5 Å². The van der Waals surface area contributed by atoms with E-state index in [4.69, 9.17) is 10.5 Å². The standard InChI is InChI=1S/C15H14N4O/c1-11-13(18-10-12(8-16)9-17)4-2-5-14(11)19-7-3-6-15(19)20/h2,4-5,10,18H,3,6-7H2,1H3. The molecule has 0 unspecified atom stereocenters. The lowest BCUT2D eigenvalue weighted by Gasteiger charge is -2.20. The Bertz CT molecular complexity index is 633. The summed E-state index contributed by atoms with van der Waals surface area (Å²) in [5.74, 6) is 0.135. The van der Waals surface area contributed by atoms with Gasteiger partial charge < -0.3 is 10.2 Å². The number of benzene rings is 1. The summed E-state index contributed by atoms with van der Waals surface area (Å²) in [5.41, 5.74) is 2.59. The number of nitrogens with one attached hydrogen (secondary N) is 1. The number of amides is 1. The maximum Gasteiger partial charge on any atom is 0.227 e. The Morgan fingerprint density at radius 2 is 2.15 bits per heavy atom. The first-order valence-corrected chi connectivity index (χ1v) is 6.34. The lowest BCUT2D eigenvalue weighted by molar-refractivity contribution is -0.117. The van der Waals surface area contributed by atoms with Crippen molar-refractivity contribution < 1.29 is 4.79 Å². The van der Waals surface area contributed by atoms with Crippen LogP contribution in [0.5, 0.6) is 0 Å². The molecule has 1 aromatic carbocycles. The first-order chi connectivity index (χ1) is 9.67. The van der Waals surface area contributed by atoms with Crippen LogP contribution in [0.25, 0.3) is 0 Å².